The maximum Gasteiger partial charge on any atom is 0.294 e. The highest BCUT2D eigenvalue weighted by Crippen LogP contribution is 2.41. The number of fused-ring (bicyclic) bond motifs is 3. The average Bonchev–Trinajstić information content (AvgIpc) is 3.02. The summed E-state index contributed by atoms with van der Waals surface area (Å²) in [4.78, 5) is 16.2. The van der Waals surface area contributed by atoms with Gasteiger partial charge in [-0.3, -0.25) is 4.79 Å². The van der Waals surface area contributed by atoms with Crippen LogP contribution in [0, 0.1) is 12.8 Å². The van der Waals surface area contributed by atoms with E-state index in [-0.39, 0.29) is 11.7 Å². The quantitative estimate of drug-likeness (QED) is 0.873. The van der Waals surface area contributed by atoms with Crippen LogP contribution < -0.4 is 10.9 Å². The zero-order chi connectivity index (χ0) is 14.4. The van der Waals surface area contributed by atoms with E-state index in [2.05, 4.69) is 15.4 Å². The van der Waals surface area contributed by atoms with E-state index in [1.54, 1.807) is 6.92 Å². The average molecular weight is 282 g/mol. The van der Waals surface area contributed by atoms with Crippen LogP contribution in [0.25, 0.3) is 11.4 Å². The SMILES string of the molecule is Cc1nn2c(nc1=O)-c1ccccc1NC2C1CCCC1. The topological polar surface area (TPSA) is 59.8 Å². The molecule has 1 aliphatic heterocycles. The second-order valence-electron chi connectivity index (χ2n) is 5.95. The Morgan fingerprint density at radius 3 is 2.81 bits per heavy atom. The molecule has 5 heteroatoms. The largest absolute Gasteiger partial charge is 0.363 e. The van der Waals surface area contributed by atoms with Gasteiger partial charge >= 0.3 is 0 Å². The summed E-state index contributed by atoms with van der Waals surface area (Å²) < 4.78 is 1.93. The van der Waals surface area contributed by atoms with Gasteiger partial charge in [0.2, 0.25) is 0 Å². The minimum absolute atomic E-state index is 0.101. The molecule has 1 N–H and O–H groups in total. The molecule has 2 aromatic rings. The van der Waals surface area contributed by atoms with Gasteiger partial charge in [-0.25, -0.2) is 4.68 Å². The number of hydrogen-bond acceptors (Lipinski definition) is 4. The third-order valence-electron chi connectivity index (χ3n) is 4.57. The third-order valence-corrected chi connectivity index (χ3v) is 4.57. The van der Waals surface area contributed by atoms with Crippen molar-refractivity contribution in [3.05, 3.63) is 40.3 Å². The highest BCUT2D eigenvalue weighted by atomic mass is 16.1. The maximum atomic E-state index is 11.9. The highest BCUT2D eigenvalue weighted by molar-refractivity contribution is 5.75. The number of nitrogens with one attached hydrogen (secondary N) is 1. The fraction of sp³-hybridized carbons (Fsp3) is 0.438. The lowest BCUT2D eigenvalue weighted by molar-refractivity contribution is 0.334. The van der Waals surface area contributed by atoms with Crippen molar-refractivity contribution in [2.45, 2.75) is 38.8 Å². The lowest BCUT2D eigenvalue weighted by atomic mass is 10.0. The fourth-order valence-electron chi connectivity index (χ4n) is 3.47. The lowest BCUT2D eigenvalue weighted by Gasteiger charge is -2.33. The molecule has 0 spiro atoms. The maximum absolute atomic E-state index is 11.9. The molecular weight excluding hydrogens is 264 g/mol. The smallest absolute Gasteiger partial charge is 0.294 e. The van der Waals surface area contributed by atoms with Crippen LogP contribution in [0.3, 0.4) is 0 Å². The van der Waals surface area contributed by atoms with Gasteiger partial charge in [-0.05, 0) is 37.8 Å². The molecule has 5 nitrogen and oxygen atoms in total. The number of benzene rings is 1. The molecule has 0 amide bonds. The lowest BCUT2D eigenvalue weighted by Crippen LogP contribution is -2.35. The first-order chi connectivity index (χ1) is 10.2. The van der Waals surface area contributed by atoms with E-state index in [9.17, 15) is 4.79 Å². The Morgan fingerprint density at radius 2 is 2.00 bits per heavy atom. The normalized spacial score (nSPS) is 20.7. The Labute approximate surface area is 123 Å². The Bertz CT molecular complexity index is 746. The second-order valence-corrected chi connectivity index (χ2v) is 5.95. The predicted molar refractivity (Wildman–Crippen MR) is 81.1 cm³/mol. The number of rotatable bonds is 1. The molecule has 1 aliphatic carbocycles. The number of nitrogens with zero attached hydrogens (tertiary/aromatic N) is 3. The molecular formula is C16H18N4O. The van der Waals surface area contributed by atoms with Crippen LogP contribution in [0.5, 0.6) is 0 Å². The molecule has 0 radical (unpaired) electrons. The van der Waals surface area contributed by atoms with Crippen molar-refractivity contribution >= 4 is 5.69 Å². The van der Waals surface area contributed by atoms with E-state index >= 15 is 0 Å². The molecule has 21 heavy (non-hydrogen) atoms. The molecule has 4 rings (SSSR count). The molecule has 1 aromatic carbocycles. The van der Waals surface area contributed by atoms with Crippen LogP contribution in [0.2, 0.25) is 0 Å². The first-order valence-electron chi connectivity index (χ1n) is 7.57. The minimum Gasteiger partial charge on any atom is -0.363 e. The summed E-state index contributed by atoms with van der Waals surface area (Å²) in [5.41, 5.74) is 2.23. The molecule has 1 fully saturated rings. The van der Waals surface area contributed by atoms with Crippen LogP contribution in [-0.4, -0.2) is 14.8 Å². The summed E-state index contributed by atoms with van der Waals surface area (Å²) in [6.07, 6.45) is 5.04. The van der Waals surface area contributed by atoms with Crippen molar-refractivity contribution in [1.29, 1.82) is 0 Å². The summed E-state index contributed by atoms with van der Waals surface area (Å²) in [6.45, 7) is 1.73. The Morgan fingerprint density at radius 1 is 1.24 bits per heavy atom. The van der Waals surface area contributed by atoms with Crippen LogP contribution in [0.4, 0.5) is 5.69 Å². The van der Waals surface area contributed by atoms with Crippen molar-refractivity contribution in [3.8, 4) is 11.4 Å². The third kappa shape index (κ3) is 1.95. The highest BCUT2D eigenvalue weighted by Gasteiger charge is 2.33. The summed E-state index contributed by atoms with van der Waals surface area (Å²) in [6, 6.07) is 8.01. The molecule has 1 saturated carbocycles. The number of aromatic nitrogens is 3. The van der Waals surface area contributed by atoms with Gasteiger partial charge in [-0.2, -0.15) is 10.1 Å². The van der Waals surface area contributed by atoms with Gasteiger partial charge in [0, 0.05) is 11.3 Å². The van der Waals surface area contributed by atoms with Gasteiger partial charge in [-0.1, -0.05) is 25.0 Å². The van der Waals surface area contributed by atoms with Crippen LogP contribution >= 0.6 is 0 Å². The standard InChI is InChI=1S/C16H18N4O/c1-10-16(21)18-15-12-8-4-5-9-13(12)17-14(20(15)19-10)11-6-2-3-7-11/h4-5,8-9,11,14,17H,2-3,6-7H2,1H3. The number of para-hydroxylation sites is 1. The number of aryl methyl sites for hydroxylation is 1. The van der Waals surface area contributed by atoms with Crippen LogP contribution in [0.15, 0.2) is 29.1 Å². The molecule has 1 atom stereocenters. The van der Waals surface area contributed by atoms with Crippen LogP contribution in [0.1, 0.15) is 37.5 Å². The van der Waals surface area contributed by atoms with E-state index in [0.29, 0.717) is 17.4 Å². The van der Waals surface area contributed by atoms with Gasteiger partial charge in [0.25, 0.3) is 5.56 Å². The Balaban J connectivity index is 1.92. The zero-order valence-electron chi connectivity index (χ0n) is 12.0. The molecule has 1 aromatic heterocycles. The first kappa shape index (κ1) is 12.6. The molecule has 2 heterocycles. The number of anilines is 1. The van der Waals surface area contributed by atoms with Crippen LogP contribution in [-0.2, 0) is 0 Å². The van der Waals surface area contributed by atoms with E-state index in [1.807, 2.05) is 28.9 Å². The molecule has 0 bridgehead atoms. The van der Waals surface area contributed by atoms with Gasteiger partial charge in [0.1, 0.15) is 11.9 Å². The van der Waals surface area contributed by atoms with Crippen molar-refractivity contribution < 1.29 is 0 Å². The monoisotopic (exact) mass is 282 g/mol. The minimum atomic E-state index is -0.233. The van der Waals surface area contributed by atoms with E-state index in [1.165, 1.54) is 25.7 Å². The Hall–Kier alpha value is -2.17. The summed E-state index contributed by atoms with van der Waals surface area (Å²) >= 11 is 0. The van der Waals surface area contributed by atoms with Gasteiger partial charge < -0.3 is 5.32 Å². The van der Waals surface area contributed by atoms with Gasteiger partial charge in [-0.15, -0.1) is 0 Å². The Kier molecular flexibility index (Phi) is 2.80. The predicted octanol–water partition coefficient (Wildman–Crippen LogP) is 2.73. The first-order valence-corrected chi connectivity index (χ1v) is 7.57. The summed E-state index contributed by atoms with van der Waals surface area (Å²) in [5, 5.41) is 8.12. The second kappa shape index (κ2) is 4.69. The fourth-order valence-corrected chi connectivity index (χ4v) is 3.47. The molecule has 1 unspecified atom stereocenters. The zero-order valence-corrected chi connectivity index (χ0v) is 12.0. The molecule has 0 saturated heterocycles. The van der Waals surface area contributed by atoms with E-state index < -0.39 is 0 Å². The van der Waals surface area contributed by atoms with Gasteiger partial charge in [0.05, 0.1) is 0 Å². The van der Waals surface area contributed by atoms with Gasteiger partial charge in [0.15, 0.2) is 5.82 Å². The molecule has 108 valence electrons. The summed E-state index contributed by atoms with van der Waals surface area (Å²) in [5.74, 6) is 1.24. The van der Waals surface area contributed by atoms with E-state index in [4.69, 9.17) is 0 Å². The van der Waals surface area contributed by atoms with Crippen molar-refractivity contribution in [2.75, 3.05) is 5.32 Å². The van der Waals surface area contributed by atoms with Crippen molar-refractivity contribution in [1.82, 2.24) is 14.8 Å². The number of hydrogen-bond donors (Lipinski definition) is 1. The van der Waals surface area contributed by atoms with Crippen molar-refractivity contribution in [2.24, 2.45) is 5.92 Å². The molecule has 2 aliphatic rings. The summed E-state index contributed by atoms with van der Waals surface area (Å²) in [7, 11) is 0. The van der Waals surface area contributed by atoms with E-state index in [0.717, 1.165) is 11.3 Å². The van der Waals surface area contributed by atoms with Crippen molar-refractivity contribution in [3.63, 3.8) is 0 Å².